The summed E-state index contributed by atoms with van der Waals surface area (Å²) in [5.74, 6) is 0. The monoisotopic (exact) mass is 223 g/mol. The van der Waals surface area contributed by atoms with Crippen LogP contribution in [0.1, 0.15) is 5.56 Å². The first-order valence-corrected chi connectivity index (χ1v) is 5.28. The quantitative estimate of drug-likeness (QED) is 0.611. The van der Waals surface area contributed by atoms with Crippen molar-refractivity contribution in [3.63, 3.8) is 0 Å². The molecule has 17 heavy (non-hydrogen) atoms. The number of nitrogens with zero attached hydrogens (tertiary/aromatic N) is 2. The van der Waals surface area contributed by atoms with Crippen LogP contribution >= 0.6 is 0 Å². The molecular weight excluding hydrogens is 210 g/mol. The molecule has 0 saturated heterocycles. The molecule has 0 spiro atoms. The Morgan fingerprint density at radius 1 is 1.00 bits per heavy atom. The van der Waals surface area contributed by atoms with Gasteiger partial charge in [-0.05, 0) is 30.3 Å². The van der Waals surface area contributed by atoms with E-state index >= 15 is 0 Å². The first-order chi connectivity index (χ1) is 8.29. The molecule has 3 nitrogen and oxygen atoms in total. The Morgan fingerprint density at radius 2 is 1.76 bits per heavy atom. The van der Waals surface area contributed by atoms with E-state index in [1.165, 1.54) is 0 Å². The lowest BCUT2D eigenvalue weighted by Gasteiger charge is -2.00. The number of hydrogen-bond donors (Lipinski definition) is 1. The van der Waals surface area contributed by atoms with Crippen LogP contribution in [0.4, 0.5) is 17.1 Å². The fourth-order valence-electron chi connectivity index (χ4n) is 1.43. The Labute approximate surface area is 100 Å². The van der Waals surface area contributed by atoms with Gasteiger partial charge in [0.05, 0.1) is 11.4 Å². The van der Waals surface area contributed by atoms with Crippen LogP contribution in [0, 0.1) is 0 Å². The van der Waals surface area contributed by atoms with Crippen molar-refractivity contribution >= 4 is 23.1 Å². The molecule has 0 saturated carbocycles. The lowest BCUT2D eigenvalue weighted by Crippen LogP contribution is -1.84. The number of nitrogens with two attached hydrogens (primary N) is 1. The van der Waals surface area contributed by atoms with Crippen molar-refractivity contribution in [2.45, 2.75) is 0 Å². The third-order valence-corrected chi connectivity index (χ3v) is 2.30. The lowest BCUT2D eigenvalue weighted by molar-refractivity contribution is 1.23. The van der Waals surface area contributed by atoms with Gasteiger partial charge in [-0.1, -0.05) is 30.9 Å². The number of anilines is 1. The number of benzene rings is 2. The Kier molecular flexibility index (Phi) is 3.31. The van der Waals surface area contributed by atoms with Gasteiger partial charge in [0.2, 0.25) is 0 Å². The minimum Gasteiger partial charge on any atom is -0.399 e. The van der Waals surface area contributed by atoms with E-state index in [0.717, 1.165) is 16.9 Å². The fourth-order valence-corrected chi connectivity index (χ4v) is 1.43. The average Bonchev–Trinajstić information content (AvgIpc) is 2.38. The van der Waals surface area contributed by atoms with Crippen molar-refractivity contribution in [1.29, 1.82) is 0 Å². The van der Waals surface area contributed by atoms with Crippen LogP contribution in [-0.4, -0.2) is 0 Å². The summed E-state index contributed by atoms with van der Waals surface area (Å²) >= 11 is 0. The summed E-state index contributed by atoms with van der Waals surface area (Å²) in [7, 11) is 0. The maximum atomic E-state index is 5.69. The highest BCUT2D eigenvalue weighted by molar-refractivity contribution is 5.67. The van der Waals surface area contributed by atoms with Gasteiger partial charge < -0.3 is 5.73 Å². The molecule has 0 aliphatic rings. The van der Waals surface area contributed by atoms with Crippen molar-refractivity contribution in [3.05, 3.63) is 60.7 Å². The van der Waals surface area contributed by atoms with Gasteiger partial charge in [0.15, 0.2) is 0 Å². The Bertz CT molecular complexity index is 545. The fraction of sp³-hybridized carbons (Fsp3) is 0. The van der Waals surface area contributed by atoms with Gasteiger partial charge in [-0.25, -0.2) is 0 Å². The van der Waals surface area contributed by atoms with E-state index < -0.39 is 0 Å². The first-order valence-electron chi connectivity index (χ1n) is 5.28. The van der Waals surface area contributed by atoms with Gasteiger partial charge in [-0.3, -0.25) is 0 Å². The van der Waals surface area contributed by atoms with Gasteiger partial charge in [-0.2, -0.15) is 5.11 Å². The molecule has 0 aliphatic heterocycles. The maximum absolute atomic E-state index is 5.69. The van der Waals surface area contributed by atoms with Crippen LogP contribution in [0.2, 0.25) is 0 Å². The number of hydrogen-bond acceptors (Lipinski definition) is 3. The zero-order valence-electron chi connectivity index (χ0n) is 9.38. The van der Waals surface area contributed by atoms with Gasteiger partial charge in [0.1, 0.15) is 0 Å². The van der Waals surface area contributed by atoms with Crippen LogP contribution in [0.3, 0.4) is 0 Å². The second kappa shape index (κ2) is 5.07. The molecule has 3 heteroatoms. The van der Waals surface area contributed by atoms with E-state index in [4.69, 9.17) is 5.73 Å². The highest BCUT2D eigenvalue weighted by Crippen LogP contribution is 2.25. The van der Waals surface area contributed by atoms with E-state index in [-0.39, 0.29) is 0 Å². The third kappa shape index (κ3) is 2.78. The van der Waals surface area contributed by atoms with Crippen LogP contribution in [0.15, 0.2) is 65.3 Å². The predicted molar refractivity (Wildman–Crippen MR) is 71.6 cm³/mol. The van der Waals surface area contributed by atoms with E-state index in [9.17, 15) is 0 Å². The maximum Gasteiger partial charge on any atom is 0.0930 e. The van der Waals surface area contributed by atoms with Crippen LogP contribution in [0.25, 0.3) is 6.08 Å². The molecule has 2 aromatic carbocycles. The molecule has 0 unspecified atom stereocenters. The molecule has 0 amide bonds. The van der Waals surface area contributed by atoms with Crippen LogP contribution in [-0.2, 0) is 0 Å². The molecule has 84 valence electrons. The van der Waals surface area contributed by atoms with Gasteiger partial charge >= 0.3 is 0 Å². The van der Waals surface area contributed by atoms with Crippen molar-refractivity contribution < 1.29 is 0 Å². The van der Waals surface area contributed by atoms with Crippen molar-refractivity contribution in [2.75, 3.05) is 5.73 Å². The minimum absolute atomic E-state index is 0.693. The van der Waals surface area contributed by atoms with Crippen molar-refractivity contribution in [1.82, 2.24) is 0 Å². The van der Waals surface area contributed by atoms with Crippen LogP contribution < -0.4 is 5.73 Å². The summed E-state index contributed by atoms with van der Waals surface area (Å²) < 4.78 is 0. The van der Waals surface area contributed by atoms with Crippen molar-refractivity contribution in [3.8, 4) is 0 Å². The summed E-state index contributed by atoms with van der Waals surface area (Å²) in [6.07, 6.45) is 1.72. The molecular formula is C14H13N3. The van der Waals surface area contributed by atoms with Gasteiger partial charge in [0.25, 0.3) is 0 Å². The lowest BCUT2D eigenvalue weighted by atomic mass is 10.1. The minimum atomic E-state index is 0.693. The zero-order chi connectivity index (χ0) is 12.1. The second-order valence-electron chi connectivity index (χ2n) is 3.56. The molecule has 2 aromatic rings. The summed E-state index contributed by atoms with van der Waals surface area (Å²) in [5.41, 5.74) is 8.84. The van der Waals surface area contributed by atoms with Gasteiger partial charge in [-0.15, -0.1) is 5.11 Å². The summed E-state index contributed by atoms with van der Waals surface area (Å²) in [6, 6.07) is 15.0. The van der Waals surface area contributed by atoms with Crippen LogP contribution in [0.5, 0.6) is 0 Å². The predicted octanol–water partition coefficient (Wildman–Crippen LogP) is 4.33. The standard InChI is InChI=1S/C14H13N3/c1-2-11-10-12(15)8-9-14(11)17-16-13-6-4-3-5-7-13/h2-10H,1,15H2. The number of nitrogen functional groups attached to an aromatic ring is 1. The molecule has 2 rings (SSSR count). The average molecular weight is 223 g/mol. The van der Waals surface area contributed by atoms with E-state index in [1.807, 2.05) is 42.5 Å². The Balaban J connectivity index is 2.30. The number of rotatable bonds is 3. The van der Waals surface area contributed by atoms with Crippen molar-refractivity contribution in [2.24, 2.45) is 10.2 Å². The largest absolute Gasteiger partial charge is 0.399 e. The molecule has 0 bridgehead atoms. The molecule has 0 aromatic heterocycles. The van der Waals surface area contributed by atoms with E-state index in [1.54, 1.807) is 12.1 Å². The number of azo groups is 1. The second-order valence-corrected chi connectivity index (χ2v) is 3.56. The first kappa shape index (κ1) is 11.1. The summed E-state index contributed by atoms with van der Waals surface area (Å²) in [4.78, 5) is 0. The smallest absolute Gasteiger partial charge is 0.0930 e. The Hall–Kier alpha value is -2.42. The molecule has 2 N–H and O–H groups in total. The third-order valence-electron chi connectivity index (χ3n) is 2.30. The zero-order valence-corrected chi connectivity index (χ0v) is 9.38. The SMILES string of the molecule is C=Cc1cc(N)ccc1N=Nc1ccccc1. The normalized spacial score (nSPS) is 10.6. The molecule has 0 heterocycles. The molecule has 0 atom stereocenters. The van der Waals surface area contributed by atoms with E-state index in [0.29, 0.717) is 5.69 Å². The highest BCUT2D eigenvalue weighted by atomic mass is 15.1. The summed E-state index contributed by atoms with van der Waals surface area (Å²) in [6.45, 7) is 3.73. The molecule has 0 radical (unpaired) electrons. The molecule has 0 aliphatic carbocycles. The summed E-state index contributed by atoms with van der Waals surface area (Å²) in [5, 5.41) is 8.34. The topological polar surface area (TPSA) is 50.7 Å². The molecule has 0 fully saturated rings. The highest BCUT2D eigenvalue weighted by Gasteiger charge is 1.98. The van der Waals surface area contributed by atoms with E-state index in [2.05, 4.69) is 16.8 Å². The Morgan fingerprint density at radius 3 is 2.47 bits per heavy atom. The van der Waals surface area contributed by atoms with Gasteiger partial charge in [0, 0.05) is 11.3 Å².